The Morgan fingerprint density at radius 3 is 2.61 bits per heavy atom. The number of thiazole rings is 1. The van der Waals surface area contributed by atoms with Crippen LogP contribution in [-0.4, -0.2) is 9.97 Å². The Bertz CT molecular complexity index is 699. The van der Waals surface area contributed by atoms with Gasteiger partial charge >= 0.3 is 0 Å². The van der Waals surface area contributed by atoms with Crippen molar-refractivity contribution in [1.29, 1.82) is 0 Å². The van der Waals surface area contributed by atoms with Gasteiger partial charge in [0, 0.05) is 27.0 Å². The summed E-state index contributed by atoms with van der Waals surface area (Å²) in [5.74, 6) is 0. The van der Waals surface area contributed by atoms with Gasteiger partial charge in [-0.25, -0.2) is 4.98 Å². The number of fused-ring (bicyclic) bond motifs is 1. The van der Waals surface area contributed by atoms with Crippen LogP contribution in [0.3, 0.4) is 0 Å². The molecule has 2 aromatic heterocycles. The molecule has 0 aliphatic carbocycles. The summed E-state index contributed by atoms with van der Waals surface area (Å²) < 4.78 is 0. The predicted molar refractivity (Wildman–Crippen MR) is 83.6 cm³/mol. The van der Waals surface area contributed by atoms with Gasteiger partial charge in [-0.05, 0) is 19.9 Å². The van der Waals surface area contributed by atoms with Gasteiger partial charge in [-0.3, -0.25) is 0 Å². The van der Waals surface area contributed by atoms with Crippen molar-refractivity contribution < 1.29 is 0 Å². The molecule has 0 radical (unpaired) electrons. The number of aryl methyl sites for hydroxylation is 2. The number of para-hydroxylation sites is 1. The summed E-state index contributed by atoms with van der Waals surface area (Å²) in [5, 5.41) is 1.83. The zero-order valence-electron chi connectivity index (χ0n) is 10.2. The fourth-order valence-corrected chi connectivity index (χ4v) is 2.93. The van der Waals surface area contributed by atoms with E-state index in [1.807, 2.05) is 12.1 Å². The van der Waals surface area contributed by atoms with Gasteiger partial charge in [-0.1, -0.05) is 18.2 Å². The molecule has 0 aliphatic rings. The third kappa shape index (κ3) is 1.93. The Morgan fingerprint density at radius 2 is 1.94 bits per heavy atom. The zero-order valence-corrected chi connectivity index (χ0v) is 12.7. The molecule has 3 aromatic rings. The second kappa shape index (κ2) is 4.74. The van der Waals surface area contributed by atoms with Gasteiger partial charge in [0.2, 0.25) is 0 Å². The Morgan fingerprint density at radius 1 is 1.22 bits per heavy atom. The molecule has 94 valence electrons. The first-order chi connectivity index (χ1) is 8.16. The number of nitrogens with one attached hydrogen (secondary N) is 1. The molecule has 0 amide bonds. The van der Waals surface area contributed by atoms with E-state index in [9.17, 15) is 0 Å². The average molecular weight is 324 g/mol. The smallest absolute Gasteiger partial charge is 0.180 e. The highest BCUT2D eigenvalue weighted by Gasteiger charge is 2.15. The molecule has 3 nitrogen and oxygen atoms in total. The van der Waals surface area contributed by atoms with E-state index >= 15 is 0 Å². The minimum absolute atomic E-state index is 0. The van der Waals surface area contributed by atoms with Crippen LogP contribution in [0.1, 0.15) is 10.6 Å². The van der Waals surface area contributed by atoms with Crippen LogP contribution in [0.25, 0.3) is 22.2 Å². The summed E-state index contributed by atoms with van der Waals surface area (Å²) in [6.07, 6.45) is 0. The van der Waals surface area contributed by atoms with Crippen LogP contribution in [0, 0.1) is 13.8 Å². The maximum Gasteiger partial charge on any atom is 0.180 e. The predicted octanol–water partition coefficient (Wildman–Crippen LogP) is 4.07. The second-order valence-electron chi connectivity index (χ2n) is 4.13. The Kier molecular flexibility index (Phi) is 3.45. The van der Waals surface area contributed by atoms with E-state index in [2.05, 4.69) is 35.9 Å². The first-order valence-electron chi connectivity index (χ1n) is 5.47. The Balaban J connectivity index is 0.00000120. The van der Waals surface area contributed by atoms with Crippen LogP contribution >= 0.6 is 28.3 Å². The van der Waals surface area contributed by atoms with E-state index in [0.717, 1.165) is 21.8 Å². The molecule has 0 saturated heterocycles. The fourth-order valence-electron chi connectivity index (χ4n) is 2.23. The number of hydrogen-bond donors (Lipinski definition) is 2. The van der Waals surface area contributed by atoms with Crippen LogP contribution in [0.2, 0.25) is 0 Å². The lowest BCUT2D eigenvalue weighted by atomic mass is 10.1. The van der Waals surface area contributed by atoms with Gasteiger partial charge in [-0.2, -0.15) is 0 Å². The summed E-state index contributed by atoms with van der Waals surface area (Å²) in [5.41, 5.74) is 10.2. The van der Waals surface area contributed by atoms with Crippen molar-refractivity contribution >= 4 is 44.4 Å². The number of H-pyrrole nitrogens is 1. The lowest BCUT2D eigenvalue weighted by Gasteiger charge is -1.98. The van der Waals surface area contributed by atoms with Gasteiger partial charge in [-0.15, -0.1) is 28.3 Å². The maximum absolute atomic E-state index is 5.78. The summed E-state index contributed by atoms with van der Waals surface area (Å²) in [6.45, 7) is 4.13. The summed E-state index contributed by atoms with van der Waals surface area (Å²) >= 11 is 1.54. The minimum Gasteiger partial charge on any atom is -0.375 e. The maximum atomic E-state index is 5.78. The van der Waals surface area contributed by atoms with Crippen molar-refractivity contribution in [2.24, 2.45) is 0 Å². The molecule has 0 unspecified atom stereocenters. The molecule has 3 N–H and O–H groups in total. The van der Waals surface area contributed by atoms with Crippen molar-refractivity contribution in [3.05, 3.63) is 34.8 Å². The summed E-state index contributed by atoms with van der Waals surface area (Å²) in [6, 6.07) is 8.27. The number of rotatable bonds is 1. The largest absolute Gasteiger partial charge is 0.375 e. The molecule has 0 atom stereocenters. The monoisotopic (exact) mass is 323 g/mol. The molecule has 5 heteroatoms. The number of aromatic nitrogens is 2. The SMILES string of the molecule is Br.Cc1[nH]c2ccccc2c1-c1nc(N)sc1C. The topological polar surface area (TPSA) is 54.7 Å². The van der Waals surface area contributed by atoms with E-state index in [1.165, 1.54) is 22.3 Å². The number of benzene rings is 1. The van der Waals surface area contributed by atoms with E-state index in [-0.39, 0.29) is 17.0 Å². The van der Waals surface area contributed by atoms with Crippen LogP contribution in [0.4, 0.5) is 5.13 Å². The van der Waals surface area contributed by atoms with E-state index < -0.39 is 0 Å². The third-order valence-electron chi connectivity index (χ3n) is 2.94. The number of aromatic amines is 1. The van der Waals surface area contributed by atoms with Gasteiger partial charge in [0.05, 0.1) is 5.69 Å². The molecular formula is C13H14BrN3S. The lowest BCUT2D eigenvalue weighted by molar-refractivity contribution is 1.28. The van der Waals surface area contributed by atoms with Gasteiger partial charge < -0.3 is 10.7 Å². The number of halogens is 1. The van der Waals surface area contributed by atoms with Crippen LogP contribution < -0.4 is 5.73 Å². The lowest BCUT2D eigenvalue weighted by Crippen LogP contribution is -1.85. The van der Waals surface area contributed by atoms with Crippen molar-refractivity contribution in [2.75, 3.05) is 5.73 Å². The highest BCUT2D eigenvalue weighted by Crippen LogP contribution is 2.36. The number of nitrogens with zero attached hydrogens (tertiary/aromatic N) is 1. The van der Waals surface area contributed by atoms with Crippen molar-refractivity contribution in [3.63, 3.8) is 0 Å². The quantitative estimate of drug-likeness (QED) is 0.709. The molecule has 0 aliphatic heterocycles. The molecule has 0 bridgehead atoms. The zero-order chi connectivity index (χ0) is 12.0. The summed E-state index contributed by atoms with van der Waals surface area (Å²) in [7, 11) is 0. The number of hydrogen-bond acceptors (Lipinski definition) is 3. The van der Waals surface area contributed by atoms with Crippen LogP contribution in [-0.2, 0) is 0 Å². The summed E-state index contributed by atoms with van der Waals surface area (Å²) in [4.78, 5) is 8.99. The van der Waals surface area contributed by atoms with Crippen molar-refractivity contribution in [1.82, 2.24) is 9.97 Å². The second-order valence-corrected chi connectivity index (χ2v) is 5.36. The van der Waals surface area contributed by atoms with E-state index in [4.69, 9.17) is 5.73 Å². The molecule has 2 heterocycles. The Labute approximate surface area is 120 Å². The average Bonchev–Trinajstić information content (AvgIpc) is 2.77. The number of anilines is 1. The highest BCUT2D eigenvalue weighted by molar-refractivity contribution is 8.93. The van der Waals surface area contributed by atoms with E-state index in [0.29, 0.717) is 5.13 Å². The molecule has 0 spiro atoms. The number of nitrogens with two attached hydrogens (primary N) is 1. The van der Waals surface area contributed by atoms with Gasteiger partial charge in [0.1, 0.15) is 0 Å². The fraction of sp³-hybridized carbons (Fsp3) is 0.154. The highest BCUT2D eigenvalue weighted by atomic mass is 79.9. The van der Waals surface area contributed by atoms with Crippen LogP contribution in [0.5, 0.6) is 0 Å². The molecule has 0 saturated carbocycles. The normalized spacial score (nSPS) is 10.6. The number of nitrogen functional groups attached to an aromatic ring is 1. The first kappa shape index (κ1) is 13.1. The molecule has 3 rings (SSSR count). The molecular weight excluding hydrogens is 310 g/mol. The first-order valence-corrected chi connectivity index (χ1v) is 6.29. The molecule has 0 fully saturated rings. The van der Waals surface area contributed by atoms with Crippen molar-refractivity contribution in [2.45, 2.75) is 13.8 Å². The van der Waals surface area contributed by atoms with Gasteiger partial charge in [0.15, 0.2) is 5.13 Å². The molecule has 1 aromatic carbocycles. The van der Waals surface area contributed by atoms with Crippen molar-refractivity contribution in [3.8, 4) is 11.3 Å². The van der Waals surface area contributed by atoms with Crippen LogP contribution in [0.15, 0.2) is 24.3 Å². The Hall–Kier alpha value is -1.33. The molecule has 18 heavy (non-hydrogen) atoms. The van der Waals surface area contributed by atoms with E-state index in [1.54, 1.807) is 0 Å². The standard InChI is InChI=1S/C13H13N3S.BrH/c1-7-11(12-8(2)17-13(14)16-12)9-5-3-4-6-10(9)15-7;/h3-6,15H,1-2H3,(H2,14,16);1H. The third-order valence-corrected chi connectivity index (χ3v) is 3.74. The van der Waals surface area contributed by atoms with Gasteiger partial charge in [0.25, 0.3) is 0 Å². The minimum atomic E-state index is 0.